The molecule has 1 aliphatic rings. The maximum Gasteiger partial charge on any atom is 0.121 e. The highest BCUT2D eigenvalue weighted by atomic mass is 32.2. The minimum absolute atomic E-state index is 0.636. The van der Waals surface area contributed by atoms with Crippen molar-refractivity contribution in [2.45, 2.75) is 5.25 Å². The fourth-order valence-corrected chi connectivity index (χ4v) is 1.85. The first-order valence-electron chi connectivity index (χ1n) is 4.00. The maximum absolute atomic E-state index is 4.50. The number of H-pyrrole nitrogens is 1. The molecule has 2 heterocycles. The number of aromatic amines is 1. The highest BCUT2D eigenvalue weighted by Crippen LogP contribution is 2.44. The third-order valence-electron chi connectivity index (χ3n) is 2.05. The number of hydrogen-bond donors (Lipinski definition) is 1. The van der Waals surface area contributed by atoms with Gasteiger partial charge in [0.25, 0.3) is 0 Å². The fourth-order valence-electron chi connectivity index (χ4n) is 1.33. The van der Waals surface area contributed by atoms with E-state index in [0.717, 1.165) is 16.9 Å². The van der Waals surface area contributed by atoms with Crippen LogP contribution < -0.4 is 0 Å². The molecule has 2 aromatic rings. The second-order valence-corrected chi connectivity index (χ2v) is 4.20. The number of rotatable bonds is 1. The van der Waals surface area contributed by atoms with E-state index in [2.05, 4.69) is 16.0 Å². The number of nitrogens with one attached hydrogen (secondary N) is 1. The zero-order valence-corrected chi connectivity index (χ0v) is 7.27. The number of benzene rings is 1. The number of nitrogens with zero attached hydrogens (tertiary/aromatic N) is 1. The lowest BCUT2D eigenvalue weighted by Gasteiger charge is -1.83. The summed E-state index contributed by atoms with van der Waals surface area (Å²) in [5.74, 6) is 2.36. The summed E-state index contributed by atoms with van der Waals surface area (Å²) in [6, 6.07) is 8.17. The van der Waals surface area contributed by atoms with Gasteiger partial charge in [-0.05, 0) is 12.1 Å². The van der Waals surface area contributed by atoms with Gasteiger partial charge in [0.05, 0.1) is 16.3 Å². The minimum atomic E-state index is 0.636. The highest BCUT2D eigenvalue weighted by Gasteiger charge is 2.27. The van der Waals surface area contributed by atoms with E-state index < -0.39 is 0 Å². The normalized spacial score (nSPS) is 21.5. The molecular formula is C9H8N2S. The Bertz CT molecular complexity index is 384. The average Bonchev–Trinajstić information content (AvgIpc) is 2.85. The zero-order valence-electron chi connectivity index (χ0n) is 6.45. The molecule has 0 radical (unpaired) electrons. The largest absolute Gasteiger partial charge is 0.341 e. The molecule has 1 aromatic heterocycles. The molecule has 0 spiro atoms. The van der Waals surface area contributed by atoms with Gasteiger partial charge in [0.2, 0.25) is 0 Å². The summed E-state index contributed by atoms with van der Waals surface area (Å²) in [7, 11) is 0. The molecule has 1 aliphatic heterocycles. The number of hydrogen-bond acceptors (Lipinski definition) is 2. The number of fused-ring (bicyclic) bond motifs is 1. The van der Waals surface area contributed by atoms with E-state index in [1.54, 1.807) is 0 Å². The van der Waals surface area contributed by atoms with Crippen molar-refractivity contribution in [1.29, 1.82) is 0 Å². The van der Waals surface area contributed by atoms with Crippen LogP contribution in [0.3, 0.4) is 0 Å². The highest BCUT2D eigenvalue weighted by molar-refractivity contribution is 8.06. The van der Waals surface area contributed by atoms with E-state index >= 15 is 0 Å². The monoisotopic (exact) mass is 176 g/mol. The molecule has 1 saturated heterocycles. The van der Waals surface area contributed by atoms with Crippen LogP contribution in [0.1, 0.15) is 11.1 Å². The van der Waals surface area contributed by atoms with Crippen LogP contribution in [-0.2, 0) is 0 Å². The van der Waals surface area contributed by atoms with Gasteiger partial charge < -0.3 is 4.98 Å². The predicted octanol–water partition coefficient (Wildman–Crippen LogP) is 2.35. The van der Waals surface area contributed by atoms with E-state index in [-0.39, 0.29) is 0 Å². The minimum Gasteiger partial charge on any atom is -0.341 e. The Balaban J connectivity index is 2.23. The molecule has 0 saturated carbocycles. The van der Waals surface area contributed by atoms with Crippen molar-refractivity contribution in [2.24, 2.45) is 0 Å². The second kappa shape index (κ2) is 2.26. The Hall–Kier alpha value is -0.960. The molecule has 1 N–H and O–H groups in total. The predicted molar refractivity (Wildman–Crippen MR) is 51.3 cm³/mol. The van der Waals surface area contributed by atoms with Crippen LogP contribution in [-0.4, -0.2) is 15.7 Å². The van der Waals surface area contributed by atoms with E-state index in [1.165, 1.54) is 5.75 Å². The number of para-hydroxylation sites is 2. The SMILES string of the molecule is c1ccc2[nH]c(C3CS3)nc2c1. The molecule has 12 heavy (non-hydrogen) atoms. The van der Waals surface area contributed by atoms with Gasteiger partial charge in [-0.1, -0.05) is 12.1 Å². The summed E-state index contributed by atoms with van der Waals surface area (Å²) in [6.07, 6.45) is 0. The number of thioether (sulfide) groups is 1. The van der Waals surface area contributed by atoms with Crippen LogP contribution in [0, 0.1) is 0 Å². The van der Waals surface area contributed by atoms with Crippen molar-refractivity contribution >= 4 is 22.8 Å². The van der Waals surface area contributed by atoms with Crippen molar-refractivity contribution in [3.8, 4) is 0 Å². The zero-order chi connectivity index (χ0) is 7.97. The third-order valence-corrected chi connectivity index (χ3v) is 2.94. The Labute approximate surface area is 74.4 Å². The summed E-state index contributed by atoms with van der Waals surface area (Å²) in [5.41, 5.74) is 2.24. The van der Waals surface area contributed by atoms with E-state index in [0.29, 0.717) is 5.25 Å². The lowest BCUT2D eigenvalue weighted by Crippen LogP contribution is -1.79. The van der Waals surface area contributed by atoms with Crippen LogP contribution in [0.2, 0.25) is 0 Å². The molecular weight excluding hydrogens is 168 g/mol. The van der Waals surface area contributed by atoms with Crippen LogP contribution >= 0.6 is 11.8 Å². The molecule has 1 aromatic carbocycles. The number of imidazole rings is 1. The van der Waals surface area contributed by atoms with Gasteiger partial charge in [-0.25, -0.2) is 4.98 Å². The first-order valence-corrected chi connectivity index (χ1v) is 5.04. The van der Waals surface area contributed by atoms with Gasteiger partial charge in [-0.15, -0.1) is 11.8 Å². The lowest BCUT2D eigenvalue weighted by atomic mass is 10.3. The quantitative estimate of drug-likeness (QED) is 0.676. The Morgan fingerprint density at radius 1 is 1.42 bits per heavy atom. The van der Waals surface area contributed by atoms with Crippen molar-refractivity contribution in [2.75, 3.05) is 5.75 Å². The average molecular weight is 176 g/mol. The van der Waals surface area contributed by atoms with Gasteiger partial charge in [-0.2, -0.15) is 0 Å². The topological polar surface area (TPSA) is 28.7 Å². The molecule has 1 atom stereocenters. The molecule has 0 amide bonds. The third kappa shape index (κ3) is 0.932. The lowest BCUT2D eigenvalue weighted by molar-refractivity contribution is 1.05. The van der Waals surface area contributed by atoms with Crippen molar-refractivity contribution in [3.05, 3.63) is 30.1 Å². The maximum atomic E-state index is 4.50. The first-order chi connectivity index (χ1) is 5.93. The molecule has 0 aliphatic carbocycles. The molecule has 3 rings (SSSR count). The van der Waals surface area contributed by atoms with Crippen molar-refractivity contribution in [1.82, 2.24) is 9.97 Å². The van der Waals surface area contributed by atoms with Gasteiger partial charge in [0.15, 0.2) is 0 Å². The van der Waals surface area contributed by atoms with Crippen LogP contribution in [0.25, 0.3) is 11.0 Å². The Morgan fingerprint density at radius 3 is 3.00 bits per heavy atom. The number of aromatic nitrogens is 2. The second-order valence-electron chi connectivity index (χ2n) is 2.96. The van der Waals surface area contributed by atoms with Crippen molar-refractivity contribution < 1.29 is 0 Å². The summed E-state index contributed by atoms with van der Waals surface area (Å²) in [4.78, 5) is 7.82. The summed E-state index contributed by atoms with van der Waals surface area (Å²) >= 11 is 1.94. The Kier molecular flexibility index (Phi) is 1.23. The van der Waals surface area contributed by atoms with Gasteiger partial charge in [0.1, 0.15) is 5.82 Å². The van der Waals surface area contributed by atoms with Gasteiger partial charge in [-0.3, -0.25) is 0 Å². The summed E-state index contributed by atoms with van der Waals surface area (Å²) in [6.45, 7) is 0. The smallest absolute Gasteiger partial charge is 0.121 e. The molecule has 60 valence electrons. The van der Waals surface area contributed by atoms with Gasteiger partial charge >= 0.3 is 0 Å². The van der Waals surface area contributed by atoms with E-state index in [1.807, 2.05) is 30.0 Å². The summed E-state index contributed by atoms with van der Waals surface area (Å²) in [5, 5.41) is 0.636. The van der Waals surface area contributed by atoms with Crippen LogP contribution in [0.4, 0.5) is 0 Å². The van der Waals surface area contributed by atoms with Crippen LogP contribution in [0.15, 0.2) is 24.3 Å². The molecule has 0 bridgehead atoms. The molecule has 1 unspecified atom stereocenters. The van der Waals surface area contributed by atoms with Crippen molar-refractivity contribution in [3.63, 3.8) is 0 Å². The molecule has 2 nitrogen and oxygen atoms in total. The molecule has 3 heteroatoms. The van der Waals surface area contributed by atoms with Crippen LogP contribution in [0.5, 0.6) is 0 Å². The van der Waals surface area contributed by atoms with E-state index in [9.17, 15) is 0 Å². The standard InChI is InChI=1S/C9H8N2S/c1-2-4-7-6(3-1)10-9(11-7)8-5-12-8/h1-4,8H,5H2,(H,10,11). The van der Waals surface area contributed by atoms with E-state index in [4.69, 9.17) is 0 Å². The summed E-state index contributed by atoms with van der Waals surface area (Å²) < 4.78 is 0. The molecule has 1 fully saturated rings. The van der Waals surface area contributed by atoms with Gasteiger partial charge in [0, 0.05) is 5.75 Å². The first kappa shape index (κ1) is 6.54. The fraction of sp³-hybridized carbons (Fsp3) is 0.222. The Morgan fingerprint density at radius 2 is 2.25 bits per heavy atom.